The van der Waals surface area contributed by atoms with Crippen molar-refractivity contribution in [3.63, 3.8) is 0 Å². The molecule has 6 heteroatoms. The van der Waals surface area contributed by atoms with E-state index < -0.39 is 0 Å². The SMILES string of the molecule is COc1nnc(OC)c(Br)c1Br. The van der Waals surface area contributed by atoms with Crippen molar-refractivity contribution in [1.82, 2.24) is 10.2 Å². The average molecular weight is 298 g/mol. The molecular weight excluding hydrogens is 292 g/mol. The summed E-state index contributed by atoms with van der Waals surface area (Å²) in [5, 5.41) is 7.51. The zero-order chi connectivity index (χ0) is 9.14. The number of halogens is 2. The minimum Gasteiger partial charge on any atom is -0.479 e. The highest BCUT2D eigenvalue weighted by molar-refractivity contribution is 9.13. The first kappa shape index (κ1) is 9.73. The molecule has 0 spiro atoms. The van der Waals surface area contributed by atoms with Crippen LogP contribution >= 0.6 is 31.9 Å². The molecule has 0 saturated carbocycles. The molecule has 0 aliphatic rings. The molecule has 1 aromatic heterocycles. The number of aromatic nitrogens is 2. The Morgan fingerprint density at radius 3 is 1.50 bits per heavy atom. The third-order valence-corrected chi connectivity index (χ3v) is 3.19. The first-order valence-electron chi connectivity index (χ1n) is 3.00. The third-order valence-electron chi connectivity index (χ3n) is 1.19. The molecule has 12 heavy (non-hydrogen) atoms. The van der Waals surface area contributed by atoms with E-state index in [4.69, 9.17) is 9.47 Å². The topological polar surface area (TPSA) is 44.2 Å². The standard InChI is InChI=1S/C6H6Br2N2O2/c1-11-5-3(7)4(8)6(12-2)10-9-5/h1-2H3. The number of hydrogen-bond acceptors (Lipinski definition) is 4. The highest BCUT2D eigenvalue weighted by Gasteiger charge is 2.12. The van der Waals surface area contributed by atoms with Crippen LogP contribution in [0.15, 0.2) is 8.95 Å². The Morgan fingerprint density at radius 2 is 1.25 bits per heavy atom. The Hall–Kier alpha value is -0.360. The lowest BCUT2D eigenvalue weighted by atomic mass is 10.5. The summed E-state index contributed by atoms with van der Waals surface area (Å²) in [4.78, 5) is 0. The van der Waals surface area contributed by atoms with Gasteiger partial charge in [-0.05, 0) is 31.9 Å². The maximum Gasteiger partial charge on any atom is 0.249 e. The minimum absolute atomic E-state index is 0.419. The van der Waals surface area contributed by atoms with Crippen molar-refractivity contribution in [1.29, 1.82) is 0 Å². The fourth-order valence-corrected chi connectivity index (χ4v) is 1.45. The Morgan fingerprint density at radius 1 is 0.917 bits per heavy atom. The van der Waals surface area contributed by atoms with Gasteiger partial charge < -0.3 is 9.47 Å². The number of methoxy groups -OCH3 is 2. The molecule has 0 aromatic carbocycles. The van der Waals surface area contributed by atoms with Crippen LogP contribution in [-0.4, -0.2) is 24.4 Å². The van der Waals surface area contributed by atoms with Crippen LogP contribution in [0.5, 0.6) is 11.8 Å². The Labute approximate surface area is 86.5 Å². The fourth-order valence-electron chi connectivity index (χ4n) is 0.627. The summed E-state index contributed by atoms with van der Waals surface area (Å²) in [5.74, 6) is 0.838. The number of rotatable bonds is 2. The lowest BCUT2D eigenvalue weighted by molar-refractivity contribution is 0.362. The highest BCUT2D eigenvalue weighted by Crippen LogP contribution is 2.35. The molecule has 0 unspecified atom stereocenters. The second-order valence-corrected chi connectivity index (χ2v) is 3.43. The zero-order valence-corrected chi connectivity index (χ0v) is 9.64. The quantitative estimate of drug-likeness (QED) is 0.838. The zero-order valence-electron chi connectivity index (χ0n) is 6.47. The fraction of sp³-hybridized carbons (Fsp3) is 0.333. The molecule has 1 rings (SSSR count). The smallest absolute Gasteiger partial charge is 0.249 e. The monoisotopic (exact) mass is 296 g/mol. The molecular formula is C6H6Br2N2O2. The van der Waals surface area contributed by atoms with Crippen LogP contribution < -0.4 is 9.47 Å². The van der Waals surface area contributed by atoms with Gasteiger partial charge in [-0.3, -0.25) is 0 Å². The van der Waals surface area contributed by atoms with Gasteiger partial charge >= 0.3 is 0 Å². The van der Waals surface area contributed by atoms with Crippen molar-refractivity contribution in [2.75, 3.05) is 14.2 Å². The van der Waals surface area contributed by atoms with Gasteiger partial charge in [0.2, 0.25) is 11.8 Å². The van der Waals surface area contributed by atoms with Gasteiger partial charge in [0.1, 0.15) is 8.95 Å². The predicted molar refractivity (Wildman–Crippen MR) is 50.5 cm³/mol. The first-order chi connectivity index (χ1) is 5.70. The summed E-state index contributed by atoms with van der Waals surface area (Å²) in [7, 11) is 3.04. The predicted octanol–water partition coefficient (Wildman–Crippen LogP) is 2.02. The molecule has 0 aliphatic carbocycles. The van der Waals surface area contributed by atoms with Crippen LogP contribution in [0.25, 0.3) is 0 Å². The van der Waals surface area contributed by atoms with E-state index in [2.05, 4.69) is 42.1 Å². The summed E-state index contributed by atoms with van der Waals surface area (Å²) in [5.41, 5.74) is 0. The van der Waals surface area contributed by atoms with Crippen LogP contribution in [0, 0.1) is 0 Å². The minimum atomic E-state index is 0.419. The van der Waals surface area contributed by atoms with Crippen molar-refractivity contribution in [2.45, 2.75) is 0 Å². The van der Waals surface area contributed by atoms with Crippen LogP contribution in [0.3, 0.4) is 0 Å². The summed E-state index contributed by atoms with van der Waals surface area (Å²) < 4.78 is 11.2. The molecule has 0 amide bonds. The molecule has 0 bridgehead atoms. The van der Waals surface area contributed by atoms with E-state index in [1.165, 1.54) is 14.2 Å². The van der Waals surface area contributed by atoms with Crippen molar-refractivity contribution in [2.24, 2.45) is 0 Å². The Bertz CT molecular complexity index is 264. The molecule has 4 nitrogen and oxygen atoms in total. The maximum absolute atomic E-state index is 4.92. The van der Waals surface area contributed by atoms with E-state index in [9.17, 15) is 0 Å². The van der Waals surface area contributed by atoms with E-state index in [0.717, 1.165) is 0 Å². The third kappa shape index (κ3) is 1.69. The second-order valence-electron chi connectivity index (χ2n) is 1.85. The molecule has 1 heterocycles. The molecule has 0 N–H and O–H groups in total. The Balaban J connectivity index is 3.20. The van der Waals surface area contributed by atoms with Crippen LogP contribution in [0.4, 0.5) is 0 Å². The van der Waals surface area contributed by atoms with E-state index in [1.807, 2.05) is 0 Å². The van der Waals surface area contributed by atoms with Gasteiger partial charge in [0.15, 0.2) is 0 Å². The normalized spacial score (nSPS) is 9.67. The molecule has 0 saturated heterocycles. The summed E-state index contributed by atoms with van der Waals surface area (Å²) in [6.45, 7) is 0. The summed E-state index contributed by atoms with van der Waals surface area (Å²) >= 11 is 6.56. The largest absolute Gasteiger partial charge is 0.479 e. The molecule has 0 atom stereocenters. The average Bonchev–Trinajstić information content (AvgIpc) is 2.10. The second kappa shape index (κ2) is 4.04. The van der Waals surface area contributed by atoms with Crippen molar-refractivity contribution in [3.8, 4) is 11.8 Å². The lowest BCUT2D eigenvalue weighted by Crippen LogP contribution is -1.96. The number of ether oxygens (including phenoxy) is 2. The maximum atomic E-state index is 4.92. The number of nitrogens with zero attached hydrogens (tertiary/aromatic N) is 2. The summed E-state index contributed by atoms with van der Waals surface area (Å²) in [6, 6.07) is 0. The van der Waals surface area contributed by atoms with Crippen LogP contribution in [-0.2, 0) is 0 Å². The van der Waals surface area contributed by atoms with Crippen LogP contribution in [0.1, 0.15) is 0 Å². The Kier molecular flexibility index (Phi) is 3.28. The lowest BCUT2D eigenvalue weighted by Gasteiger charge is -2.05. The molecule has 0 fully saturated rings. The van der Waals surface area contributed by atoms with E-state index in [1.54, 1.807) is 0 Å². The van der Waals surface area contributed by atoms with Gasteiger partial charge in [0, 0.05) is 0 Å². The van der Waals surface area contributed by atoms with Gasteiger partial charge in [-0.1, -0.05) is 0 Å². The van der Waals surface area contributed by atoms with E-state index >= 15 is 0 Å². The molecule has 1 aromatic rings. The highest BCUT2D eigenvalue weighted by atomic mass is 79.9. The summed E-state index contributed by atoms with van der Waals surface area (Å²) in [6.07, 6.45) is 0. The van der Waals surface area contributed by atoms with Gasteiger partial charge in [0.05, 0.1) is 14.2 Å². The van der Waals surface area contributed by atoms with Crippen molar-refractivity contribution in [3.05, 3.63) is 8.95 Å². The van der Waals surface area contributed by atoms with Gasteiger partial charge in [-0.2, -0.15) is 0 Å². The first-order valence-corrected chi connectivity index (χ1v) is 4.59. The van der Waals surface area contributed by atoms with E-state index in [0.29, 0.717) is 20.7 Å². The molecule has 0 aliphatic heterocycles. The van der Waals surface area contributed by atoms with E-state index in [-0.39, 0.29) is 0 Å². The number of hydrogen-bond donors (Lipinski definition) is 0. The molecule has 66 valence electrons. The van der Waals surface area contributed by atoms with Crippen molar-refractivity contribution < 1.29 is 9.47 Å². The van der Waals surface area contributed by atoms with Gasteiger partial charge in [0.25, 0.3) is 0 Å². The van der Waals surface area contributed by atoms with Gasteiger partial charge in [-0.25, -0.2) is 0 Å². The van der Waals surface area contributed by atoms with Crippen LogP contribution in [0.2, 0.25) is 0 Å². The molecule has 0 radical (unpaired) electrons. The van der Waals surface area contributed by atoms with Crippen molar-refractivity contribution >= 4 is 31.9 Å². The van der Waals surface area contributed by atoms with Gasteiger partial charge in [-0.15, -0.1) is 10.2 Å².